The first-order valence-corrected chi connectivity index (χ1v) is 8.45. The molecule has 0 bridgehead atoms. The summed E-state index contributed by atoms with van der Waals surface area (Å²) in [6.07, 6.45) is 0. The second-order valence-corrected chi connectivity index (χ2v) is 6.59. The molecule has 136 valence electrons. The van der Waals surface area contributed by atoms with Crippen LogP contribution in [0.15, 0.2) is 29.5 Å². The van der Waals surface area contributed by atoms with Crippen molar-refractivity contribution in [3.8, 4) is 11.5 Å². The highest BCUT2D eigenvalue weighted by Crippen LogP contribution is 2.34. The van der Waals surface area contributed by atoms with Crippen molar-refractivity contribution in [3.05, 3.63) is 35.0 Å². The molecule has 0 aliphatic carbocycles. The number of benzene rings is 1. The van der Waals surface area contributed by atoms with Gasteiger partial charge in [-0.25, -0.2) is 4.79 Å². The maximum absolute atomic E-state index is 12.2. The van der Waals surface area contributed by atoms with Gasteiger partial charge >= 0.3 is 5.97 Å². The van der Waals surface area contributed by atoms with Crippen LogP contribution in [0.25, 0.3) is 0 Å². The fourth-order valence-corrected chi connectivity index (χ4v) is 2.83. The van der Waals surface area contributed by atoms with Gasteiger partial charge in [0.15, 0.2) is 16.6 Å². The molecular formula is C18H24N2O4S. The molecule has 6 nitrogen and oxygen atoms in total. The number of hydrogen-bond acceptors (Lipinski definition) is 5. The largest absolute Gasteiger partial charge is 0.493 e. The summed E-state index contributed by atoms with van der Waals surface area (Å²) < 4.78 is 16.1. The number of carbonyl (C=O) groups excluding carboxylic acids is 1. The van der Waals surface area contributed by atoms with Gasteiger partial charge in [-0.05, 0) is 42.8 Å². The Balaban J connectivity index is 2.40. The number of ether oxygens (including phenoxy) is 3. The van der Waals surface area contributed by atoms with Gasteiger partial charge in [-0.1, -0.05) is 19.9 Å². The Morgan fingerprint density at radius 2 is 2.00 bits per heavy atom. The first kappa shape index (κ1) is 19.1. The summed E-state index contributed by atoms with van der Waals surface area (Å²) >= 11 is 5.23. The van der Waals surface area contributed by atoms with E-state index in [0.717, 1.165) is 5.56 Å². The summed E-state index contributed by atoms with van der Waals surface area (Å²) in [6, 6.07) is 5.15. The van der Waals surface area contributed by atoms with E-state index in [1.807, 2.05) is 18.2 Å². The van der Waals surface area contributed by atoms with E-state index in [4.69, 9.17) is 26.4 Å². The lowest BCUT2D eigenvalue weighted by Gasteiger charge is -2.30. The summed E-state index contributed by atoms with van der Waals surface area (Å²) in [7, 11) is 2.94. The number of methoxy groups -OCH3 is 2. The van der Waals surface area contributed by atoms with Crippen molar-refractivity contribution < 1.29 is 19.0 Å². The van der Waals surface area contributed by atoms with Gasteiger partial charge in [0.1, 0.15) is 0 Å². The SMILES string of the molecule is COC(=O)C1=C(C)NC(=S)N[C@@H]1c1ccc(OCC(C)C)c(OC)c1. The molecule has 1 aliphatic rings. The average Bonchev–Trinajstić information content (AvgIpc) is 2.58. The Kier molecular flexibility index (Phi) is 6.25. The van der Waals surface area contributed by atoms with E-state index in [1.54, 1.807) is 14.0 Å². The van der Waals surface area contributed by atoms with E-state index in [1.165, 1.54) is 7.11 Å². The number of allylic oxidation sites excluding steroid dienone is 1. The minimum atomic E-state index is -0.422. The van der Waals surface area contributed by atoms with Crippen molar-refractivity contribution in [1.29, 1.82) is 0 Å². The molecule has 0 spiro atoms. The van der Waals surface area contributed by atoms with Gasteiger partial charge in [-0.2, -0.15) is 0 Å². The summed E-state index contributed by atoms with van der Waals surface area (Å²) in [5.41, 5.74) is 1.98. The van der Waals surface area contributed by atoms with Gasteiger partial charge in [0.05, 0.1) is 32.4 Å². The predicted octanol–water partition coefficient (Wildman–Crippen LogP) is 2.70. The van der Waals surface area contributed by atoms with E-state index in [9.17, 15) is 4.79 Å². The lowest BCUT2D eigenvalue weighted by atomic mass is 9.95. The van der Waals surface area contributed by atoms with Gasteiger partial charge < -0.3 is 24.8 Å². The molecule has 0 fully saturated rings. The highest BCUT2D eigenvalue weighted by atomic mass is 32.1. The van der Waals surface area contributed by atoms with Crippen molar-refractivity contribution in [2.24, 2.45) is 5.92 Å². The molecule has 2 rings (SSSR count). The van der Waals surface area contributed by atoms with Crippen LogP contribution in [0.3, 0.4) is 0 Å². The number of thiocarbonyl (C=S) groups is 1. The van der Waals surface area contributed by atoms with Crippen molar-refractivity contribution in [3.63, 3.8) is 0 Å². The standard InChI is InChI=1S/C18H24N2O4S/c1-10(2)9-24-13-7-6-12(8-14(13)22-4)16-15(17(21)23-5)11(3)19-18(25)20-16/h6-8,10,16H,9H2,1-5H3,(H2,19,20,25)/t16-/m1/s1. The van der Waals surface area contributed by atoms with E-state index in [-0.39, 0.29) is 0 Å². The summed E-state index contributed by atoms with van der Waals surface area (Å²) in [5, 5.41) is 6.53. The zero-order valence-corrected chi connectivity index (χ0v) is 16.0. The van der Waals surface area contributed by atoms with E-state index >= 15 is 0 Å². The molecule has 0 saturated heterocycles. The molecule has 0 aromatic heterocycles. The van der Waals surface area contributed by atoms with E-state index < -0.39 is 12.0 Å². The van der Waals surface area contributed by atoms with Crippen LogP contribution in [0, 0.1) is 5.92 Å². The summed E-state index contributed by atoms with van der Waals surface area (Å²) in [6.45, 7) is 6.55. The molecule has 7 heteroatoms. The van der Waals surface area contributed by atoms with Gasteiger partial charge in [0, 0.05) is 5.70 Å². The molecule has 2 N–H and O–H groups in total. The molecule has 1 aromatic rings. The van der Waals surface area contributed by atoms with Crippen molar-refractivity contribution in [2.75, 3.05) is 20.8 Å². The van der Waals surface area contributed by atoms with Crippen LogP contribution in [0.1, 0.15) is 32.4 Å². The molecule has 0 amide bonds. The van der Waals surface area contributed by atoms with E-state index in [0.29, 0.717) is 40.4 Å². The smallest absolute Gasteiger partial charge is 0.337 e. The molecule has 0 saturated carbocycles. The van der Waals surface area contributed by atoms with Gasteiger partial charge in [-0.15, -0.1) is 0 Å². The van der Waals surface area contributed by atoms with Crippen LogP contribution in [0.2, 0.25) is 0 Å². The van der Waals surface area contributed by atoms with Crippen LogP contribution in [-0.4, -0.2) is 31.9 Å². The highest BCUT2D eigenvalue weighted by Gasteiger charge is 2.31. The average molecular weight is 364 g/mol. The Bertz CT molecular complexity index is 700. The number of hydrogen-bond donors (Lipinski definition) is 2. The molecule has 1 aromatic carbocycles. The van der Waals surface area contributed by atoms with Crippen LogP contribution in [0.4, 0.5) is 0 Å². The zero-order valence-electron chi connectivity index (χ0n) is 15.1. The fraction of sp³-hybridized carbons (Fsp3) is 0.444. The quantitative estimate of drug-likeness (QED) is 0.594. The molecule has 1 atom stereocenters. The van der Waals surface area contributed by atoms with E-state index in [2.05, 4.69) is 24.5 Å². The number of esters is 1. The summed E-state index contributed by atoms with van der Waals surface area (Å²) in [5.74, 6) is 1.26. The maximum atomic E-state index is 12.2. The lowest BCUT2D eigenvalue weighted by molar-refractivity contribution is -0.136. The minimum absolute atomic E-state index is 0.407. The number of nitrogens with one attached hydrogen (secondary N) is 2. The number of rotatable bonds is 6. The Hall–Kier alpha value is -2.28. The first-order chi connectivity index (χ1) is 11.9. The van der Waals surface area contributed by atoms with Crippen LogP contribution in [0.5, 0.6) is 11.5 Å². The van der Waals surface area contributed by atoms with Gasteiger partial charge in [-0.3, -0.25) is 0 Å². The zero-order chi connectivity index (χ0) is 18.6. The van der Waals surface area contributed by atoms with Crippen LogP contribution >= 0.6 is 12.2 Å². The van der Waals surface area contributed by atoms with Crippen LogP contribution in [-0.2, 0) is 9.53 Å². The molecule has 25 heavy (non-hydrogen) atoms. The summed E-state index contributed by atoms with van der Waals surface area (Å²) in [4.78, 5) is 12.2. The molecule has 1 aliphatic heterocycles. The first-order valence-electron chi connectivity index (χ1n) is 8.04. The Morgan fingerprint density at radius 1 is 1.28 bits per heavy atom. The molecule has 1 heterocycles. The second-order valence-electron chi connectivity index (χ2n) is 6.18. The molecule has 0 unspecified atom stereocenters. The Morgan fingerprint density at radius 3 is 2.60 bits per heavy atom. The molecule has 0 radical (unpaired) electrons. The number of carbonyl (C=O) groups is 1. The van der Waals surface area contributed by atoms with Crippen molar-refractivity contribution in [2.45, 2.75) is 26.8 Å². The van der Waals surface area contributed by atoms with Crippen molar-refractivity contribution >= 4 is 23.3 Å². The third-order valence-electron chi connectivity index (χ3n) is 3.77. The maximum Gasteiger partial charge on any atom is 0.337 e. The normalized spacial score (nSPS) is 17.0. The van der Waals surface area contributed by atoms with Gasteiger partial charge in [0.2, 0.25) is 0 Å². The minimum Gasteiger partial charge on any atom is -0.493 e. The third kappa shape index (κ3) is 4.42. The monoisotopic (exact) mass is 364 g/mol. The Labute approximate surface area is 153 Å². The fourth-order valence-electron chi connectivity index (χ4n) is 2.56. The van der Waals surface area contributed by atoms with Gasteiger partial charge in [0.25, 0.3) is 0 Å². The predicted molar refractivity (Wildman–Crippen MR) is 99.7 cm³/mol. The highest BCUT2D eigenvalue weighted by molar-refractivity contribution is 7.80. The lowest BCUT2D eigenvalue weighted by Crippen LogP contribution is -2.45. The van der Waals surface area contributed by atoms with Crippen molar-refractivity contribution in [1.82, 2.24) is 10.6 Å². The van der Waals surface area contributed by atoms with Crippen LogP contribution < -0.4 is 20.1 Å². The third-order valence-corrected chi connectivity index (χ3v) is 3.99. The second kappa shape index (κ2) is 8.20. The topological polar surface area (TPSA) is 68.8 Å². The molecular weight excluding hydrogens is 340 g/mol.